The van der Waals surface area contributed by atoms with Gasteiger partial charge in [-0.3, -0.25) is 4.90 Å². The molecule has 134 valence electrons. The molecule has 0 radical (unpaired) electrons. The van der Waals surface area contributed by atoms with Gasteiger partial charge in [-0.05, 0) is 23.5 Å². The number of benzene rings is 1. The van der Waals surface area contributed by atoms with Crippen LogP contribution in [0.3, 0.4) is 0 Å². The molecule has 0 unspecified atom stereocenters. The molecular weight excluding hydrogens is 352 g/mol. The van der Waals surface area contributed by atoms with E-state index in [1.165, 1.54) is 6.26 Å². The highest BCUT2D eigenvalue weighted by atomic mass is 35.5. The van der Waals surface area contributed by atoms with E-state index in [4.69, 9.17) is 21.1 Å². The first-order valence-electron chi connectivity index (χ1n) is 8.00. The van der Waals surface area contributed by atoms with Gasteiger partial charge in [-0.25, -0.2) is 13.1 Å². The molecule has 0 saturated carbocycles. The number of nitrogens with zero attached hydrogens (tertiary/aromatic N) is 1. The Labute approximate surface area is 148 Å². The molecule has 1 fully saturated rings. The van der Waals surface area contributed by atoms with Crippen LogP contribution in [0.25, 0.3) is 0 Å². The smallest absolute Gasteiger partial charge is 0.231 e. The molecule has 0 amide bonds. The van der Waals surface area contributed by atoms with Crippen LogP contribution in [0.2, 0.25) is 5.02 Å². The van der Waals surface area contributed by atoms with Gasteiger partial charge in [-0.1, -0.05) is 25.4 Å². The van der Waals surface area contributed by atoms with Gasteiger partial charge in [-0.2, -0.15) is 0 Å². The Kier molecular flexibility index (Phi) is 4.97. The Morgan fingerprint density at radius 1 is 1.29 bits per heavy atom. The first-order chi connectivity index (χ1) is 11.2. The topological polar surface area (TPSA) is 67.9 Å². The number of rotatable bonds is 5. The van der Waals surface area contributed by atoms with Crippen molar-refractivity contribution < 1.29 is 17.9 Å². The van der Waals surface area contributed by atoms with Crippen molar-refractivity contribution in [1.29, 1.82) is 0 Å². The van der Waals surface area contributed by atoms with Gasteiger partial charge in [0.2, 0.25) is 16.8 Å². The molecule has 3 rings (SSSR count). The van der Waals surface area contributed by atoms with Crippen molar-refractivity contribution in [1.82, 2.24) is 9.62 Å². The Hall–Kier alpha value is -1.02. The fraction of sp³-hybridized carbons (Fsp3) is 0.625. The maximum Gasteiger partial charge on any atom is 0.231 e. The fourth-order valence-electron chi connectivity index (χ4n) is 3.44. The molecule has 1 aromatic rings. The third kappa shape index (κ3) is 3.96. The first kappa shape index (κ1) is 17.8. The summed E-state index contributed by atoms with van der Waals surface area (Å²) >= 11 is 6.35. The van der Waals surface area contributed by atoms with Gasteiger partial charge in [0.25, 0.3) is 0 Å². The molecular formula is C16H23ClN2O4S. The van der Waals surface area contributed by atoms with E-state index >= 15 is 0 Å². The van der Waals surface area contributed by atoms with Crippen LogP contribution in [0, 0.1) is 11.8 Å². The fourth-order valence-corrected chi connectivity index (χ4v) is 4.45. The average molecular weight is 375 g/mol. The number of hydrogen-bond donors (Lipinski definition) is 1. The van der Waals surface area contributed by atoms with Crippen molar-refractivity contribution in [3.05, 3.63) is 22.7 Å². The number of fused-ring (bicyclic) bond motifs is 1. The summed E-state index contributed by atoms with van der Waals surface area (Å²) in [6, 6.07) is 3.61. The lowest BCUT2D eigenvalue weighted by Gasteiger charge is -2.21. The molecule has 1 saturated heterocycles. The van der Waals surface area contributed by atoms with Gasteiger partial charge in [0, 0.05) is 36.8 Å². The van der Waals surface area contributed by atoms with Gasteiger partial charge in [0.1, 0.15) is 0 Å². The van der Waals surface area contributed by atoms with Crippen LogP contribution >= 0.6 is 11.6 Å². The van der Waals surface area contributed by atoms with E-state index in [-0.39, 0.29) is 18.8 Å². The minimum atomic E-state index is -3.23. The molecule has 2 heterocycles. The zero-order chi connectivity index (χ0) is 17.5. The Bertz CT molecular complexity index is 723. The molecule has 24 heavy (non-hydrogen) atoms. The number of ether oxygens (including phenoxy) is 2. The summed E-state index contributed by atoms with van der Waals surface area (Å²) in [5.41, 5.74) is 0.962. The van der Waals surface area contributed by atoms with Gasteiger partial charge < -0.3 is 9.47 Å². The van der Waals surface area contributed by atoms with Crippen molar-refractivity contribution in [2.45, 2.75) is 26.4 Å². The van der Waals surface area contributed by atoms with E-state index in [0.717, 1.165) is 12.1 Å². The molecule has 0 bridgehead atoms. The lowest BCUT2D eigenvalue weighted by Crippen LogP contribution is -2.41. The van der Waals surface area contributed by atoms with Crippen LogP contribution in [0.4, 0.5) is 0 Å². The third-order valence-electron chi connectivity index (χ3n) is 4.60. The highest BCUT2D eigenvalue weighted by Gasteiger charge is 2.36. The van der Waals surface area contributed by atoms with Gasteiger partial charge >= 0.3 is 0 Å². The number of sulfonamides is 1. The second-order valence-corrected chi connectivity index (χ2v) is 9.08. The number of nitrogens with one attached hydrogen (secondary N) is 1. The van der Waals surface area contributed by atoms with Gasteiger partial charge in [0.05, 0.1) is 6.26 Å². The largest absolute Gasteiger partial charge is 0.454 e. The molecule has 0 spiro atoms. The summed E-state index contributed by atoms with van der Waals surface area (Å²) in [6.45, 7) is 6.61. The zero-order valence-corrected chi connectivity index (χ0v) is 15.7. The van der Waals surface area contributed by atoms with Crippen molar-refractivity contribution in [2.75, 3.05) is 26.1 Å². The quantitative estimate of drug-likeness (QED) is 0.854. The minimum absolute atomic E-state index is 0.0761. The summed E-state index contributed by atoms with van der Waals surface area (Å²) in [5, 5.41) is 0.639. The van der Waals surface area contributed by atoms with Crippen molar-refractivity contribution in [3.63, 3.8) is 0 Å². The predicted octanol–water partition coefficient (Wildman–Crippen LogP) is 2.07. The van der Waals surface area contributed by atoms with Crippen LogP contribution in [0.15, 0.2) is 12.1 Å². The summed E-state index contributed by atoms with van der Waals surface area (Å²) in [7, 11) is -3.23. The molecule has 2 aliphatic heterocycles. The summed E-state index contributed by atoms with van der Waals surface area (Å²) in [5.74, 6) is 2.04. The standard InChI is InChI=1S/C16H23ClN2O4S/c1-10(2)12-7-19(8-14(12)18-24(3,20)21)6-11-4-15-16(5-13(11)17)23-9-22-15/h4-5,10,12,14,18H,6-9H2,1-3H3/t12-,14+/m0/s1. The molecule has 1 aromatic carbocycles. The van der Waals surface area contributed by atoms with Crippen molar-refractivity contribution >= 4 is 21.6 Å². The molecule has 0 aromatic heterocycles. The molecule has 6 nitrogen and oxygen atoms in total. The van der Waals surface area contributed by atoms with Crippen molar-refractivity contribution in [3.8, 4) is 11.5 Å². The van der Waals surface area contributed by atoms with Gasteiger partial charge in [0.15, 0.2) is 11.5 Å². The SMILES string of the molecule is CC(C)[C@@H]1CN(Cc2cc3c(cc2Cl)OCO3)C[C@H]1NS(C)(=O)=O. The number of halogens is 1. The Morgan fingerprint density at radius 3 is 2.58 bits per heavy atom. The zero-order valence-electron chi connectivity index (χ0n) is 14.1. The molecule has 1 N–H and O–H groups in total. The highest BCUT2D eigenvalue weighted by molar-refractivity contribution is 7.88. The maximum absolute atomic E-state index is 11.6. The van der Waals surface area contributed by atoms with E-state index in [1.54, 1.807) is 6.07 Å². The molecule has 8 heteroatoms. The lowest BCUT2D eigenvalue weighted by atomic mass is 9.92. The summed E-state index contributed by atoms with van der Waals surface area (Å²) in [4.78, 5) is 2.23. The normalized spacial score (nSPS) is 24.0. The summed E-state index contributed by atoms with van der Waals surface area (Å²) < 4.78 is 36.8. The molecule has 2 aliphatic rings. The number of likely N-dealkylation sites (tertiary alicyclic amines) is 1. The molecule has 2 atom stereocenters. The third-order valence-corrected chi connectivity index (χ3v) is 5.68. The Morgan fingerprint density at radius 2 is 1.96 bits per heavy atom. The average Bonchev–Trinajstić information content (AvgIpc) is 3.04. The van der Waals surface area contributed by atoms with Crippen LogP contribution in [-0.2, 0) is 16.6 Å². The van der Waals surface area contributed by atoms with Crippen LogP contribution in [0.5, 0.6) is 11.5 Å². The lowest BCUT2D eigenvalue weighted by molar-refractivity contribution is 0.174. The van der Waals surface area contributed by atoms with E-state index in [1.807, 2.05) is 6.07 Å². The molecule has 0 aliphatic carbocycles. The predicted molar refractivity (Wildman–Crippen MR) is 92.9 cm³/mol. The monoisotopic (exact) mass is 374 g/mol. The van der Waals surface area contributed by atoms with Crippen LogP contribution < -0.4 is 14.2 Å². The maximum atomic E-state index is 11.6. The van der Waals surface area contributed by atoms with Gasteiger partial charge in [-0.15, -0.1) is 0 Å². The van der Waals surface area contributed by atoms with E-state index in [9.17, 15) is 8.42 Å². The van der Waals surface area contributed by atoms with Crippen molar-refractivity contribution in [2.24, 2.45) is 11.8 Å². The van der Waals surface area contributed by atoms with Crippen LogP contribution in [-0.4, -0.2) is 45.5 Å². The Balaban J connectivity index is 1.74. The number of hydrogen-bond acceptors (Lipinski definition) is 5. The van der Waals surface area contributed by atoms with Crippen LogP contribution in [0.1, 0.15) is 19.4 Å². The summed E-state index contributed by atoms with van der Waals surface area (Å²) in [6.07, 6.45) is 1.21. The van der Waals surface area contributed by atoms with E-state index in [2.05, 4.69) is 23.5 Å². The first-order valence-corrected chi connectivity index (χ1v) is 10.3. The van der Waals surface area contributed by atoms with E-state index < -0.39 is 10.0 Å². The second-order valence-electron chi connectivity index (χ2n) is 6.90. The highest BCUT2D eigenvalue weighted by Crippen LogP contribution is 2.38. The minimum Gasteiger partial charge on any atom is -0.454 e. The van der Waals surface area contributed by atoms with E-state index in [0.29, 0.717) is 35.5 Å². The second kappa shape index (κ2) is 6.71.